The Kier molecular flexibility index (Phi) is 8.11. The van der Waals surface area contributed by atoms with Gasteiger partial charge < -0.3 is 20.2 Å². The van der Waals surface area contributed by atoms with Gasteiger partial charge in [-0.25, -0.2) is 14.8 Å². The number of hydrogen-bond donors (Lipinski definition) is 2. The SMILES string of the molecule is COC(=O)c1nc(-c2cccc(O[Si](C(C)C)(C(C)C)C(C)C)c2)nc(NC2CCc3ccccc32)c1N. The number of benzene rings is 2. The van der Waals surface area contributed by atoms with E-state index < -0.39 is 14.3 Å². The summed E-state index contributed by atoms with van der Waals surface area (Å²) in [6, 6.07) is 16.2. The highest BCUT2D eigenvalue weighted by Gasteiger charge is 2.47. The average molecular weight is 533 g/mol. The number of carbonyl (C=O) groups excluding carboxylic acids is 1. The van der Waals surface area contributed by atoms with Gasteiger partial charge in [0, 0.05) is 5.56 Å². The number of nitrogens with one attached hydrogen (secondary N) is 1. The third-order valence-electron chi connectivity index (χ3n) is 7.86. The number of fused-ring (bicyclic) bond motifs is 1. The van der Waals surface area contributed by atoms with Crippen molar-refractivity contribution in [2.45, 2.75) is 77.0 Å². The zero-order chi connectivity index (χ0) is 27.6. The van der Waals surface area contributed by atoms with Crippen molar-refractivity contribution < 1.29 is 14.0 Å². The standard InChI is InChI=1S/C30H40N4O3Si/c1-18(2)38(19(3)4,20(5)6)37-23-13-10-12-22(17-23)28-33-27(30(35)36-7)26(31)29(34-28)32-25-16-15-21-11-8-9-14-24(21)25/h8-14,17-20,25H,15-16,31H2,1-7H3,(H,32,33,34). The van der Waals surface area contributed by atoms with Crippen molar-refractivity contribution in [1.82, 2.24) is 9.97 Å². The molecule has 1 heterocycles. The number of anilines is 2. The monoisotopic (exact) mass is 532 g/mol. The van der Waals surface area contributed by atoms with Crippen LogP contribution in [0.2, 0.25) is 16.6 Å². The summed E-state index contributed by atoms with van der Waals surface area (Å²) in [5.41, 5.74) is 11.2. The molecule has 3 N–H and O–H groups in total. The van der Waals surface area contributed by atoms with Gasteiger partial charge in [-0.2, -0.15) is 0 Å². The summed E-state index contributed by atoms with van der Waals surface area (Å²) in [7, 11) is -0.827. The fourth-order valence-corrected chi connectivity index (χ4v) is 11.3. The second-order valence-electron chi connectivity index (χ2n) is 11.0. The molecule has 0 amide bonds. The van der Waals surface area contributed by atoms with Crippen LogP contribution in [0.4, 0.5) is 11.5 Å². The lowest BCUT2D eigenvalue weighted by atomic mass is 10.1. The summed E-state index contributed by atoms with van der Waals surface area (Å²) in [4.78, 5) is 22.0. The van der Waals surface area contributed by atoms with Gasteiger partial charge >= 0.3 is 5.97 Å². The van der Waals surface area contributed by atoms with Gasteiger partial charge in [0.05, 0.1) is 13.2 Å². The maximum Gasteiger partial charge on any atom is 0.359 e. The molecule has 38 heavy (non-hydrogen) atoms. The van der Waals surface area contributed by atoms with E-state index in [1.165, 1.54) is 18.2 Å². The van der Waals surface area contributed by atoms with E-state index in [1.54, 1.807) is 0 Å². The summed E-state index contributed by atoms with van der Waals surface area (Å²) < 4.78 is 11.9. The zero-order valence-electron chi connectivity index (χ0n) is 23.5. The van der Waals surface area contributed by atoms with Gasteiger partial charge in [-0.05, 0) is 52.7 Å². The number of nitrogens with two attached hydrogens (primary N) is 1. The summed E-state index contributed by atoms with van der Waals surface area (Å²) in [6.07, 6.45) is 1.89. The average Bonchev–Trinajstić information content (AvgIpc) is 3.30. The van der Waals surface area contributed by atoms with E-state index in [4.69, 9.17) is 19.9 Å². The lowest BCUT2D eigenvalue weighted by Gasteiger charge is -2.42. The largest absolute Gasteiger partial charge is 0.543 e. The molecule has 0 fully saturated rings. The maximum atomic E-state index is 12.6. The van der Waals surface area contributed by atoms with E-state index in [0.717, 1.165) is 24.2 Å². The van der Waals surface area contributed by atoms with Gasteiger partial charge in [0.1, 0.15) is 11.4 Å². The molecule has 0 saturated heterocycles. The first-order valence-corrected chi connectivity index (χ1v) is 15.6. The number of hydrogen-bond acceptors (Lipinski definition) is 7. The molecule has 0 saturated carbocycles. The lowest BCUT2D eigenvalue weighted by molar-refractivity contribution is 0.0595. The van der Waals surface area contributed by atoms with Crippen LogP contribution in [0.3, 0.4) is 0 Å². The predicted octanol–water partition coefficient (Wildman–Crippen LogP) is 7.17. The van der Waals surface area contributed by atoms with Crippen LogP contribution in [0.15, 0.2) is 48.5 Å². The molecular formula is C30H40N4O3Si. The molecule has 1 aliphatic carbocycles. The maximum absolute atomic E-state index is 12.6. The molecule has 1 aromatic heterocycles. The molecule has 1 unspecified atom stereocenters. The smallest absolute Gasteiger partial charge is 0.359 e. The van der Waals surface area contributed by atoms with Crippen LogP contribution >= 0.6 is 0 Å². The Morgan fingerprint density at radius 3 is 2.34 bits per heavy atom. The first-order chi connectivity index (χ1) is 18.1. The molecule has 8 heteroatoms. The van der Waals surface area contributed by atoms with Crippen molar-refractivity contribution in [3.05, 3.63) is 65.4 Å². The topological polar surface area (TPSA) is 99.4 Å². The van der Waals surface area contributed by atoms with Crippen LogP contribution in [0.25, 0.3) is 11.4 Å². The molecule has 0 radical (unpaired) electrons. The second kappa shape index (κ2) is 11.2. The van der Waals surface area contributed by atoms with Crippen LogP contribution in [0, 0.1) is 0 Å². The highest BCUT2D eigenvalue weighted by atomic mass is 28.4. The number of carbonyl (C=O) groups is 1. The Balaban J connectivity index is 1.75. The van der Waals surface area contributed by atoms with Crippen molar-refractivity contribution in [1.29, 1.82) is 0 Å². The molecule has 1 aliphatic rings. The number of aryl methyl sites for hydroxylation is 1. The summed E-state index contributed by atoms with van der Waals surface area (Å²) in [5, 5.41) is 3.48. The van der Waals surface area contributed by atoms with Crippen molar-refractivity contribution in [2.75, 3.05) is 18.2 Å². The van der Waals surface area contributed by atoms with Crippen LogP contribution in [-0.4, -0.2) is 31.4 Å². The van der Waals surface area contributed by atoms with Crippen LogP contribution in [-0.2, 0) is 11.2 Å². The quantitative estimate of drug-likeness (QED) is 0.223. The third-order valence-corrected chi connectivity index (χ3v) is 13.9. The number of aromatic nitrogens is 2. The first-order valence-electron chi connectivity index (χ1n) is 13.5. The molecule has 7 nitrogen and oxygen atoms in total. The number of ether oxygens (including phenoxy) is 1. The van der Waals surface area contributed by atoms with Crippen molar-refractivity contribution in [3.8, 4) is 17.1 Å². The minimum Gasteiger partial charge on any atom is -0.543 e. The van der Waals surface area contributed by atoms with Crippen molar-refractivity contribution in [3.63, 3.8) is 0 Å². The molecule has 0 spiro atoms. The zero-order valence-corrected chi connectivity index (χ0v) is 24.5. The van der Waals surface area contributed by atoms with E-state index in [2.05, 4.69) is 70.0 Å². The highest BCUT2D eigenvalue weighted by Crippen LogP contribution is 2.43. The third kappa shape index (κ3) is 5.14. The molecule has 2 aromatic carbocycles. The fourth-order valence-electron chi connectivity index (χ4n) is 6.09. The van der Waals surface area contributed by atoms with E-state index >= 15 is 0 Å². The Morgan fingerprint density at radius 2 is 1.68 bits per heavy atom. The molecule has 3 aromatic rings. The summed E-state index contributed by atoms with van der Waals surface area (Å²) in [6.45, 7) is 13.6. The molecule has 202 valence electrons. The van der Waals surface area contributed by atoms with Crippen LogP contribution < -0.4 is 15.5 Å². The number of nitrogen functional groups attached to an aromatic ring is 1. The van der Waals surface area contributed by atoms with Gasteiger partial charge in [0.25, 0.3) is 8.32 Å². The van der Waals surface area contributed by atoms with Gasteiger partial charge in [-0.1, -0.05) is 77.9 Å². The molecule has 1 atom stereocenters. The Bertz CT molecular complexity index is 1290. The van der Waals surface area contributed by atoms with Crippen LogP contribution in [0.1, 0.15) is 75.6 Å². The molecule has 4 rings (SSSR count). The summed E-state index contributed by atoms with van der Waals surface area (Å²) in [5.74, 6) is 1.02. The number of esters is 1. The minimum absolute atomic E-state index is 0.0474. The van der Waals surface area contributed by atoms with E-state index in [0.29, 0.717) is 28.3 Å². The normalized spacial score (nSPS) is 15.2. The number of nitrogens with zero attached hydrogens (tertiary/aromatic N) is 2. The first kappa shape index (κ1) is 27.6. The highest BCUT2D eigenvalue weighted by molar-refractivity contribution is 6.78. The lowest BCUT2D eigenvalue weighted by Crippen LogP contribution is -2.50. The predicted molar refractivity (Wildman–Crippen MR) is 156 cm³/mol. The van der Waals surface area contributed by atoms with Gasteiger partial charge in [-0.15, -0.1) is 0 Å². The number of rotatable bonds is 9. The molecular weight excluding hydrogens is 492 g/mol. The van der Waals surface area contributed by atoms with Gasteiger partial charge in [-0.3, -0.25) is 0 Å². The van der Waals surface area contributed by atoms with Gasteiger partial charge in [0.2, 0.25) is 0 Å². The molecule has 0 bridgehead atoms. The Labute approximate surface area is 227 Å². The van der Waals surface area contributed by atoms with E-state index in [-0.39, 0.29) is 17.4 Å². The second-order valence-corrected chi connectivity index (χ2v) is 16.4. The Hall–Kier alpha value is -3.39. The summed E-state index contributed by atoms with van der Waals surface area (Å²) >= 11 is 0. The van der Waals surface area contributed by atoms with E-state index in [9.17, 15) is 4.79 Å². The van der Waals surface area contributed by atoms with Gasteiger partial charge in [0.15, 0.2) is 17.3 Å². The minimum atomic E-state index is -2.15. The van der Waals surface area contributed by atoms with Crippen molar-refractivity contribution in [2.24, 2.45) is 0 Å². The number of methoxy groups -OCH3 is 1. The van der Waals surface area contributed by atoms with Crippen molar-refractivity contribution >= 4 is 25.8 Å². The fraction of sp³-hybridized carbons (Fsp3) is 0.433. The Morgan fingerprint density at radius 1 is 1.00 bits per heavy atom. The molecule has 0 aliphatic heterocycles. The van der Waals surface area contributed by atoms with Crippen LogP contribution in [0.5, 0.6) is 5.75 Å². The van der Waals surface area contributed by atoms with E-state index in [1.807, 2.05) is 30.3 Å².